The molecule has 1 aliphatic heterocycles. The summed E-state index contributed by atoms with van der Waals surface area (Å²) in [7, 11) is 0. The van der Waals surface area contributed by atoms with Crippen molar-refractivity contribution in [3.05, 3.63) is 59.9 Å². The molecule has 0 saturated heterocycles. The third kappa shape index (κ3) is 3.22. The highest BCUT2D eigenvalue weighted by Gasteiger charge is 2.27. The van der Waals surface area contributed by atoms with E-state index in [4.69, 9.17) is 0 Å². The summed E-state index contributed by atoms with van der Waals surface area (Å²) < 4.78 is 2.05. The smallest absolute Gasteiger partial charge is 0.245 e. The van der Waals surface area contributed by atoms with Crippen LogP contribution in [0, 0.1) is 0 Å². The molecule has 0 radical (unpaired) electrons. The number of rotatable bonds is 5. The third-order valence-electron chi connectivity index (χ3n) is 4.31. The van der Waals surface area contributed by atoms with E-state index in [2.05, 4.69) is 35.1 Å². The molecule has 3 nitrogen and oxygen atoms in total. The molecule has 1 aliphatic rings. The second kappa shape index (κ2) is 7.05. The van der Waals surface area contributed by atoms with Crippen molar-refractivity contribution in [2.45, 2.75) is 25.4 Å². The van der Waals surface area contributed by atoms with E-state index in [0.29, 0.717) is 0 Å². The zero-order valence-corrected chi connectivity index (χ0v) is 13.8. The maximum atomic E-state index is 13.0. The molecule has 116 valence electrons. The largest absolute Gasteiger partial charge is 0.342 e. The molecule has 0 aliphatic carbocycles. The Balaban J connectivity index is 1.76. The van der Waals surface area contributed by atoms with Crippen molar-refractivity contribution in [3.63, 3.8) is 0 Å². The van der Waals surface area contributed by atoms with E-state index in [1.807, 2.05) is 29.4 Å². The molecular formula is C18H22N2OS. The van der Waals surface area contributed by atoms with Crippen LogP contribution in [0.1, 0.15) is 23.6 Å². The van der Waals surface area contributed by atoms with Crippen molar-refractivity contribution in [2.75, 3.05) is 18.6 Å². The van der Waals surface area contributed by atoms with E-state index in [1.54, 1.807) is 11.8 Å². The van der Waals surface area contributed by atoms with Gasteiger partial charge in [-0.3, -0.25) is 4.79 Å². The predicted molar refractivity (Wildman–Crippen MR) is 92.0 cm³/mol. The second-order valence-electron chi connectivity index (χ2n) is 5.71. The number of hydrogen-bond acceptors (Lipinski definition) is 2. The molecule has 1 aromatic heterocycles. The van der Waals surface area contributed by atoms with Crippen molar-refractivity contribution in [3.8, 4) is 0 Å². The van der Waals surface area contributed by atoms with Crippen LogP contribution in [0.5, 0.6) is 0 Å². The van der Waals surface area contributed by atoms with Gasteiger partial charge in [0.1, 0.15) is 6.04 Å². The van der Waals surface area contributed by atoms with Gasteiger partial charge in [0.05, 0.1) is 0 Å². The second-order valence-corrected chi connectivity index (χ2v) is 6.69. The highest BCUT2D eigenvalue weighted by molar-refractivity contribution is 7.98. The van der Waals surface area contributed by atoms with Crippen LogP contribution in [0.15, 0.2) is 48.8 Å². The fraction of sp³-hybridized carbons (Fsp3) is 0.389. The molecule has 22 heavy (non-hydrogen) atoms. The molecule has 3 rings (SSSR count). The molecular weight excluding hydrogens is 292 g/mol. The topological polar surface area (TPSA) is 25.2 Å². The van der Waals surface area contributed by atoms with Gasteiger partial charge in [-0.05, 0) is 48.1 Å². The van der Waals surface area contributed by atoms with Gasteiger partial charge >= 0.3 is 0 Å². The highest BCUT2D eigenvalue weighted by Crippen LogP contribution is 2.24. The van der Waals surface area contributed by atoms with Gasteiger partial charge in [0.25, 0.3) is 0 Å². The molecule has 1 atom stereocenters. The zero-order valence-electron chi connectivity index (χ0n) is 12.9. The molecule has 2 heterocycles. The first kappa shape index (κ1) is 15.2. The maximum absolute atomic E-state index is 13.0. The minimum atomic E-state index is -0.0762. The summed E-state index contributed by atoms with van der Waals surface area (Å²) >= 11 is 1.80. The van der Waals surface area contributed by atoms with Crippen LogP contribution < -0.4 is 0 Å². The van der Waals surface area contributed by atoms with Crippen LogP contribution in [0.2, 0.25) is 0 Å². The minimum Gasteiger partial charge on any atom is -0.342 e. The lowest BCUT2D eigenvalue weighted by molar-refractivity contribution is -0.135. The molecule has 1 amide bonds. The summed E-state index contributed by atoms with van der Waals surface area (Å²) in [5, 5.41) is 0. The van der Waals surface area contributed by atoms with E-state index >= 15 is 0 Å². The molecule has 0 N–H and O–H groups in total. The van der Waals surface area contributed by atoms with Crippen molar-refractivity contribution >= 4 is 17.7 Å². The number of thioether (sulfide) groups is 1. The average Bonchev–Trinajstić information content (AvgIpc) is 3.09. The van der Waals surface area contributed by atoms with Crippen molar-refractivity contribution in [2.24, 2.45) is 0 Å². The number of benzene rings is 1. The summed E-state index contributed by atoms with van der Waals surface area (Å²) in [6.45, 7) is 1.57. The zero-order chi connectivity index (χ0) is 15.4. The standard InChI is InChI=1S/C18H22N2OS/c1-22-13-9-17(19-10-4-5-11-19)18(21)20-12-8-15-6-2-3-7-16(15)14-20/h2-7,10-11,17H,8-9,12-14H2,1H3/t17-/m0/s1. The Bertz CT molecular complexity index is 624. The summed E-state index contributed by atoms with van der Waals surface area (Å²) in [6, 6.07) is 12.4. The van der Waals surface area contributed by atoms with Crippen LogP contribution in [-0.4, -0.2) is 33.9 Å². The molecule has 4 heteroatoms. The Morgan fingerprint density at radius 1 is 1.18 bits per heavy atom. The van der Waals surface area contributed by atoms with Gasteiger partial charge in [0, 0.05) is 25.5 Å². The quantitative estimate of drug-likeness (QED) is 0.845. The van der Waals surface area contributed by atoms with E-state index in [-0.39, 0.29) is 11.9 Å². The van der Waals surface area contributed by atoms with Crippen LogP contribution >= 0.6 is 11.8 Å². The van der Waals surface area contributed by atoms with E-state index in [9.17, 15) is 4.79 Å². The lowest BCUT2D eigenvalue weighted by Gasteiger charge is -2.32. The first-order valence-electron chi connectivity index (χ1n) is 7.76. The van der Waals surface area contributed by atoms with E-state index in [1.165, 1.54) is 11.1 Å². The van der Waals surface area contributed by atoms with Gasteiger partial charge in [-0.1, -0.05) is 24.3 Å². The van der Waals surface area contributed by atoms with E-state index in [0.717, 1.165) is 31.7 Å². The molecule has 0 saturated carbocycles. The van der Waals surface area contributed by atoms with Crippen LogP contribution in [0.3, 0.4) is 0 Å². The Hall–Kier alpha value is -1.68. The molecule has 0 unspecified atom stereocenters. The molecule has 0 fully saturated rings. The average molecular weight is 314 g/mol. The van der Waals surface area contributed by atoms with E-state index < -0.39 is 0 Å². The summed E-state index contributed by atoms with van der Waals surface area (Å²) in [6.07, 6.45) is 7.94. The van der Waals surface area contributed by atoms with Crippen LogP contribution in [0.25, 0.3) is 0 Å². The normalized spacial score (nSPS) is 15.4. The van der Waals surface area contributed by atoms with Crippen molar-refractivity contribution < 1.29 is 4.79 Å². The Kier molecular flexibility index (Phi) is 4.88. The highest BCUT2D eigenvalue weighted by atomic mass is 32.2. The number of nitrogens with zero attached hydrogens (tertiary/aromatic N) is 2. The van der Waals surface area contributed by atoms with Gasteiger partial charge in [0.2, 0.25) is 5.91 Å². The predicted octanol–water partition coefficient (Wildman–Crippen LogP) is 3.37. The monoisotopic (exact) mass is 314 g/mol. The summed E-state index contributed by atoms with van der Waals surface area (Å²) in [4.78, 5) is 15.0. The molecule has 0 spiro atoms. The Morgan fingerprint density at radius 2 is 1.91 bits per heavy atom. The number of amides is 1. The van der Waals surface area contributed by atoms with Crippen LogP contribution in [-0.2, 0) is 17.8 Å². The van der Waals surface area contributed by atoms with Crippen molar-refractivity contribution in [1.29, 1.82) is 0 Å². The fourth-order valence-corrected chi connectivity index (χ4v) is 3.54. The number of carbonyl (C=O) groups is 1. The minimum absolute atomic E-state index is 0.0762. The first-order valence-corrected chi connectivity index (χ1v) is 9.16. The van der Waals surface area contributed by atoms with Gasteiger partial charge in [-0.2, -0.15) is 11.8 Å². The number of carbonyl (C=O) groups excluding carboxylic acids is 1. The first-order chi connectivity index (χ1) is 10.8. The SMILES string of the molecule is CSCC[C@@H](C(=O)N1CCc2ccccc2C1)n1cccc1. The number of hydrogen-bond donors (Lipinski definition) is 0. The van der Waals surface area contributed by atoms with Crippen molar-refractivity contribution in [1.82, 2.24) is 9.47 Å². The summed E-state index contributed by atoms with van der Waals surface area (Å²) in [5.74, 6) is 1.25. The number of aromatic nitrogens is 1. The van der Waals surface area contributed by atoms with Crippen LogP contribution in [0.4, 0.5) is 0 Å². The Morgan fingerprint density at radius 3 is 2.64 bits per heavy atom. The lowest BCUT2D eigenvalue weighted by Crippen LogP contribution is -2.40. The number of fused-ring (bicyclic) bond motifs is 1. The third-order valence-corrected chi connectivity index (χ3v) is 4.95. The lowest BCUT2D eigenvalue weighted by atomic mass is 9.99. The van der Waals surface area contributed by atoms with Gasteiger partial charge in [0.15, 0.2) is 0 Å². The Labute approximate surface area is 136 Å². The fourth-order valence-electron chi connectivity index (χ4n) is 3.08. The molecule has 0 bridgehead atoms. The van der Waals surface area contributed by atoms with Gasteiger partial charge in [-0.15, -0.1) is 0 Å². The van der Waals surface area contributed by atoms with Gasteiger partial charge in [-0.25, -0.2) is 0 Å². The maximum Gasteiger partial charge on any atom is 0.245 e. The molecule has 2 aromatic rings. The summed E-state index contributed by atoms with van der Waals surface area (Å²) in [5.41, 5.74) is 2.67. The molecule has 1 aromatic carbocycles. The van der Waals surface area contributed by atoms with Gasteiger partial charge < -0.3 is 9.47 Å².